The fraction of sp³-hybridized carbons (Fsp3) is 0.500. The Balaban J connectivity index is 1.86. The van der Waals surface area contributed by atoms with Crippen LogP contribution in [0.15, 0.2) is 28.7 Å². The number of nitrogens with zero attached hydrogens (tertiary/aromatic N) is 1. The number of fused-ring (bicyclic) bond motifs is 1. The highest BCUT2D eigenvalue weighted by molar-refractivity contribution is 8.00. The van der Waals surface area contributed by atoms with Crippen LogP contribution in [0.3, 0.4) is 0 Å². The van der Waals surface area contributed by atoms with E-state index in [9.17, 15) is 0 Å². The highest BCUT2D eigenvalue weighted by Gasteiger charge is 2.24. The maximum Gasteiger partial charge on any atom is 0.134 e. The molecular formula is C16H22N2OS. The van der Waals surface area contributed by atoms with Crippen molar-refractivity contribution in [2.75, 3.05) is 13.1 Å². The van der Waals surface area contributed by atoms with Crippen LogP contribution in [0.5, 0.6) is 0 Å². The van der Waals surface area contributed by atoms with Gasteiger partial charge in [0.25, 0.3) is 0 Å². The van der Waals surface area contributed by atoms with Gasteiger partial charge in [-0.3, -0.25) is 4.90 Å². The molecule has 1 aromatic heterocycles. The number of nitrogens with two attached hydrogens (primary N) is 1. The van der Waals surface area contributed by atoms with Crippen LogP contribution in [0.2, 0.25) is 0 Å². The monoisotopic (exact) mass is 290 g/mol. The van der Waals surface area contributed by atoms with Crippen LogP contribution in [-0.2, 0) is 13.1 Å². The second-order valence-electron chi connectivity index (χ2n) is 5.66. The zero-order chi connectivity index (χ0) is 14.1. The van der Waals surface area contributed by atoms with E-state index in [0.717, 1.165) is 36.4 Å². The molecule has 0 spiro atoms. The summed E-state index contributed by atoms with van der Waals surface area (Å²) in [7, 11) is 0. The number of hydrogen-bond acceptors (Lipinski definition) is 4. The van der Waals surface area contributed by atoms with Crippen LogP contribution in [0.1, 0.15) is 25.2 Å². The van der Waals surface area contributed by atoms with Crippen molar-refractivity contribution in [2.45, 2.75) is 37.4 Å². The fourth-order valence-corrected chi connectivity index (χ4v) is 4.50. The number of hydrogen-bond donors (Lipinski definition) is 1. The first kappa shape index (κ1) is 14.0. The highest BCUT2D eigenvalue weighted by Crippen LogP contribution is 2.29. The van der Waals surface area contributed by atoms with Gasteiger partial charge >= 0.3 is 0 Å². The molecule has 2 heterocycles. The molecule has 1 aliphatic rings. The lowest BCUT2D eigenvalue weighted by atomic mass is 10.1. The number of para-hydroxylation sites is 1. The molecule has 3 nitrogen and oxygen atoms in total. The van der Waals surface area contributed by atoms with Crippen LogP contribution in [0.25, 0.3) is 11.0 Å². The molecular weight excluding hydrogens is 268 g/mol. The average molecular weight is 290 g/mol. The normalized spacial score (nSPS) is 24.4. The Kier molecular flexibility index (Phi) is 4.06. The van der Waals surface area contributed by atoms with Crippen LogP contribution < -0.4 is 5.73 Å². The molecule has 20 heavy (non-hydrogen) atoms. The van der Waals surface area contributed by atoms with Crippen molar-refractivity contribution in [3.63, 3.8) is 0 Å². The van der Waals surface area contributed by atoms with E-state index in [0.29, 0.717) is 17.0 Å². The van der Waals surface area contributed by atoms with Gasteiger partial charge in [-0.25, -0.2) is 0 Å². The van der Waals surface area contributed by atoms with E-state index < -0.39 is 0 Å². The molecule has 0 bridgehead atoms. The zero-order valence-corrected chi connectivity index (χ0v) is 13.0. The molecule has 108 valence electrons. The van der Waals surface area contributed by atoms with Crippen LogP contribution in [0, 0.1) is 0 Å². The summed E-state index contributed by atoms with van der Waals surface area (Å²) in [5.41, 5.74) is 8.06. The smallest absolute Gasteiger partial charge is 0.134 e. The molecule has 1 aliphatic heterocycles. The second-order valence-corrected chi connectivity index (χ2v) is 7.54. The molecule has 0 amide bonds. The minimum atomic E-state index is 0.542. The Morgan fingerprint density at radius 3 is 2.65 bits per heavy atom. The van der Waals surface area contributed by atoms with Gasteiger partial charge in [0.15, 0.2) is 0 Å². The van der Waals surface area contributed by atoms with E-state index in [1.165, 1.54) is 5.56 Å². The summed E-state index contributed by atoms with van der Waals surface area (Å²) in [5, 5.41) is 2.53. The predicted octanol–water partition coefficient (Wildman–Crippen LogP) is 3.22. The number of furan rings is 1. The van der Waals surface area contributed by atoms with Crippen LogP contribution in [-0.4, -0.2) is 28.5 Å². The van der Waals surface area contributed by atoms with Gasteiger partial charge in [0, 0.05) is 41.1 Å². The summed E-state index contributed by atoms with van der Waals surface area (Å²) >= 11 is 2.07. The minimum absolute atomic E-state index is 0.542. The van der Waals surface area contributed by atoms with Gasteiger partial charge < -0.3 is 10.2 Å². The maximum atomic E-state index is 6.03. The molecule has 3 rings (SSSR count). The predicted molar refractivity (Wildman–Crippen MR) is 85.9 cm³/mol. The Labute approximate surface area is 124 Å². The third kappa shape index (κ3) is 2.73. The van der Waals surface area contributed by atoms with Crippen molar-refractivity contribution in [3.05, 3.63) is 35.6 Å². The van der Waals surface area contributed by atoms with Gasteiger partial charge in [0.1, 0.15) is 11.3 Å². The summed E-state index contributed by atoms with van der Waals surface area (Å²) in [4.78, 5) is 2.49. The topological polar surface area (TPSA) is 42.4 Å². The Morgan fingerprint density at radius 2 is 1.95 bits per heavy atom. The molecule has 2 atom stereocenters. The highest BCUT2D eigenvalue weighted by atomic mass is 32.2. The quantitative estimate of drug-likeness (QED) is 0.942. The first-order chi connectivity index (χ1) is 9.67. The molecule has 1 aromatic carbocycles. The number of rotatable bonds is 3. The lowest BCUT2D eigenvalue weighted by Gasteiger charge is -2.34. The SMILES string of the molecule is CC1CN(Cc2oc3ccccc3c2CN)CC(C)S1. The first-order valence-corrected chi connectivity index (χ1v) is 8.19. The summed E-state index contributed by atoms with van der Waals surface area (Å²) in [6, 6.07) is 8.18. The van der Waals surface area contributed by atoms with Crippen molar-refractivity contribution < 1.29 is 4.42 Å². The van der Waals surface area contributed by atoms with E-state index in [1.807, 2.05) is 18.2 Å². The molecule has 0 aliphatic carbocycles. The van der Waals surface area contributed by atoms with Crippen molar-refractivity contribution in [2.24, 2.45) is 5.73 Å². The van der Waals surface area contributed by atoms with Crippen molar-refractivity contribution in [1.29, 1.82) is 0 Å². The lowest BCUT2D eigenvalue weighted by Crippen LogP contribution is -2.39. The van der Waals surface area contributed by atoms with Gasteiger partial charge in [0.05, 0.1) is 6.54 Å². The number of thioether (sulfide) groups is 1. The van der Waals surface area contributed by atoms with E-state index in [1.54, 1.807) is 0 Å². The molecule has 2 aromatic rings. The van der Waals surface area contributed by atoms with Gasteiger partial charge in [-0.2, -0.15) is 11.8 Å². The van der Waals surface area contributed by atoms with E-state index in [4.69, 9.17) is 10.2 Å². The second kappa shape index (κ2) is 5.80. The van der Waals surface area contributed by atoms with E-state index in [-0.39, 0.29) is 0 Å². The first-order valence-electron chi connectivity index (χ1n) is 7.24. The fourth-order valence-electron chi connectivity index (χ4n) is 3.12. The van der Waals surface area contributed by atoms with Crippen molar-refractivity contribution in [1.82, 2.24) is 4.90 Å². The minimum Gasteiger partial charge on any atom is -0.459 e. The molecule has 0 saturated carbocycles. The molecule has 1 saturated heterocycles. The molecule has 1 fully saturated rings. The Morgan fingerprint density at radius 1 is 1.25 bits per heavy atom. The third-order valence-electron chi connectivity index (χ3n) is 3.85. The van der Waals surface area contributed by atoms with E-state index >= 15 is 0 Å². The van der Waals surface area contributed by atoms with Gasteiger partial charge in [-0.05, 0) is 6.07 Å². The largest absolute Gasteiger partial charge is 0.459 e. The van der Waals surface area contributed by atoms with Crippen LogP contribution in [0.4, 0.5) is 0 Å². The summed E-state index contributed by atoms with van der Waals surface area (Å²) in [6.45, 7) is 8.26. The average Bonchev–Trinajstić information content (AvgIpc) is 2.74. The molecule has 0 radical (unpaired) electrons. The third-order valence-corrected chi connectivity index (χ3v) is 5.08. The Bertz CT molecular complexity index is 585. The van der Waals surface area contributed by atoms with E-state index in [2.05, 4.69) is 36.6 Å². The van der Waals surface area contributed by atoms with Gasteiger partial charge in [-0.1, -0.05) is 32.0 Å². The number of benzene rings is 1. The molecule has 2 N–H and O–H groups in total. The van der Waals surface area contributed by atoms with Crippen molar-refractivity contribution in [3.8, 4) is 0 Å². The maximum absolute atomic E-state index is 6.03. The van der Waals surface area contributed by atoms with Gasteiger partial charge in [0.2, 0.25) is 0 Å². The summed E-state index contributed by atoms with van der Waals surface area (Å²) in [6.07, 6.45) is 0. The standard InChI is InChI=1S/C16H22N2OS/c1-11-8-18(9-12(2)20-11)10-16-14(7-17)13-5-3-4-6-15(13)19-16/h3-6,11-12H,7-10,17H2,1-2H3. The molecule has 4 heteroatoms. The Hall–Kier alpha value is -0.970. The van der Waals surface area contributed by atoms with Crippen molar-refractivity contribution >= 4 is 22.7 Å². The molecule has 2 unspecified atom stereocenters. The summed E-state index contributed by atoms with van der Waals surface area (Å²) in [5.74, 6) is 1.04. The van der Waals surface area contributed by atoms with Crippen LogP contribution >= 0.6 is 11.8 Å². The van der Waals surface area contributed by atoms with Gasteiger partial charge in [-0.15, -0.1) is 0 Å². The zero-order valence-electron chi connectivity index (χ0n) is 12.1. The lowest BCUT2D eigenvalue weighted by molar-refractivity contribution is 0.243. The summed E-state index contributed by atoms with van der Waals surface area (Å²) < 4.78 is 6.03.